The minimum atomic E-state index is 0.371. The summed E-state index contributed by atoms with van der Waals surface area (Å²) in [5, 5.41) is 0. The molecule has 0 aromatic carbocycles. The highest BCUT2D eigenvalue weighted by molar-refractivity contribution is 4.86. The van der Waals surface area contributed by atoms with Gasteiger partial charge in [0, 0.05) is 32.3 Å². The number of nitrogens with zero attached hydrogens (tertiary/aromatic N) is 1. The molecule has 0 heterocycles. The topological polar surface area (TPSA) is 38.5 Å². The predicted octanol–water partition coefficient (Wildman–Crippen LogP) is 1.47. The van der Waals surface area contributed by atoms with E-state index >= 15 is 0 Å². The zero-order chi connectivity index (χ0) is 11.3. The van der Waals surface area contributed by atoms with Crippen molar-refractivity contribution in [3.63, 3.8) is 0 Å². The summed E-state index contributed by atoms with van der Waals surface area (Å²) in [4.78, 5) is 2.46. The van der Waals surface area contributed by atoms with Gasteiger partial charge in [-0.3, -0.25) is 4.90 Å². The molecule has 3 heteroatoms. The van der Waals surface area contributed by atoms with E-state index in [4.69, 9.17) is 10.5 Å². The lowest BCUT2D eigenvalue weighted by Gasteiger charge is -2.30. The highest BCUT2D eigenvalue weighted by Crippen LogP contribution is 2.32. The normalized spacial score (nSPS) is 20.6. The first-order valence-corrected chi connectivity index (χ1v) is 6.17. The summed E-state index contributed by atoms with van der Waals surface area (Å²) in [6.07, 6.45) is 3.85. The lowest BCUT2D eigenvalue weighted by atomic mass is 10.1. The summed E-state index contributed by atoms with van der Waals surface area (Å²) >= 11 is 0. The van der Waals surface area contributed by atoms with E-state index in [9.17, 15) is 0 Å². The van der Waals surface area contributed by atoms with E-state index in [1.165, 1.54) is 19.3 Å². The second-order valence-electron chi connectivity index (χ2n) is 4.75. The van der Waals surface area contributed by atoms with E-state index < -0.39 is 0 Å². The molecule has 90 valence electrons. The van der Waals surface area contributed by atoms with Gasteiger partial charge in [0.2, 0.25) is 0 Å². The first-order valence-electron chi connectivity index (χ1n) is 6.17. The third-order valence-electron chi connectivity index (χ3n) is 3.47. The maximum atomic E-state index is 6.16. The Kier molecular flexibility index (Phi) is 5.58. The lowest BCUT2D eigenvalue weighted by molar-refractivity contribution is 0.116. The van der Waals surface area contributed by atoms with Gasteiger partial charge in [-0.1, -0.05) is 6.92 Å². The molecule has 0 spiro atoms. The van der Waals surface area contributed by atoms with Crippen LogP contribution in [0.1, 0.15) is 33.1 Å². The molecule has 15 heavy (non-hydrogen) atoms. The molecule has 1 aliphatic carbocycles. The maximum absolute atomic E-state index is 6.16. The van der Waals surface area contributed by atoms with Crippen LogP contribution in [-0.2, 0) is 4.74 Å². The molecule has 1 saturated carbocycles. The Labute approximate surface area is 94.0 Å². The zero-order valence-electron chi connectivity index (χ0n) is 10.4. The molecule has 3 nitrogen and oxygen atoms in total. The summed E-state index contributed by atoms with van der Waals surface area (Å²) in [5.41, 5.74) is 6.16. The van der Waals surface area contributed by atoms with E-state index in [0.29, 0.717) is 12.1 Å². The highest BCUT2D eigenvalue weighted by atomic mass is 16.5. The molecule has 2 atom stereocenters. The van der Waals surface area contributed by atoms with Crippen LogP contribution in [0.5, 0.6) is 0 Å². The minimum Gasteiger partial charge on any atom is -0.383 e. The largest absolute Gasteiger partial charge is 0.383 e. The Hall–Kier alpha value is -0.120. The van der Waals surface area contributed by atoms with Crippen molar-refractivity contribution in [1.82, 2.24) is 4.90 Å². The molecular formula is C12H26N2O. The molecular weight excluding hydrogens is 188 g/mol. The fourth-order valence-corrected chi connectivity index (χ4v) is 1.90. The van der Waals surface area contributed by atoms with Gasteiger partial charge in [0.25, 0.3) is 0 Å². The summed E-state index contributed by atoms with van der Waals surface area (Å²) in [5.74, 6) is 0.791. The van der Waals surface area contributed by atoms with Crippen LogP contribution in [-0.4, -0.2) is 43.8 Å². The summed E-state index contributed by atoms with van der Waals surface area (Å²) < 4.78 is 5.14. The van der Waals surface area contributed by atoms with Gasteiger partial charge in [0.15, 0.2) is 0 Å². The van der Waals surface area contributed by atoms with Crippen molar-refractivity contribution < 1.29 is 4.74 Å². The van der Waals surface area contributed by atoms with E-state index in [-0.39, 0.29) is 0 Å². The van der Waals surface area contributed by atoms with Gasteiger partial charge in [-0.25, -0.2) is 0 Å². The van der Waals surface area contributed by atoms with Crippen LogP contribution in [0.15, 0.2) is 0 Å². The van der Waals surface area contributed by atoms with Gasteiger partial charge >= 0.3 is 0 Å². The van der Waals surface area contributed by atoms with Gasteiger partial charge in [0.05, 0.1) is 6.61 Å². The molecule has 0 saturated heterocycles. The van der Waals surface area contributed by atoms with Crippen LogP contribution < -0.4 is 5.73 Å². The quantitative estimate of drug-likeness (QED) is 0.665. The fourth-order valence-electron chi connectivity index (χ4n) is 1.90. The predicted molar refractivity (Wildman–Crippen MR) is 63.9 cm³/mol. The standard InChI is InChI=1S/C12H26N2O/c1-4-10(2)14(7-8-15-3)9-12(13)11-5-6-11/h10-12H,4-9,13H2,1-3H3. The molecule has 1 fully saturated rings. The van der Waals surface area contributed by atoms with Gasteiger partial charge in [-0.05, 0) is 32.1 Å². The van der Waals surface area contributed by atoms with Gasteiger partial charge in [-0.15, -0.1) is 0 Å². The summed E-state index contributed by atoms with van der Waals surface area (Å²) in [7, 11) is 1.76. The molecule has 0 aromatic heterocycles. The third-order valence-corrected chi connectivity index (χ3v) is 3.47. The number of nitrogens with two attached hydrogens (primary N) is 1. The van der Waals surface area contributed by atoms with Gasteiger partial charge in [0.1, 0.15) is 0 Å². The van der Waals surface area contributed by atoms with E-state index in [2.05, 4.69) is 18.7 Å². The molecule has 0 aromatic rings. The van der Waals surface area contributed by atoms with Gasteiger partial charge < -0.3 is 10.5 Å². The molecule has 0 bridgehead atoms. The monoisotopic (exact) mass is 214 g/mol. The van der Waals surface area contributed by atoms with E-state index in [0.717, 1.165) is 25.6 Å². The molecule has 2 unspecified atom stereocenters. The van der Waals surface area contributed by atoms with E-state index in [1.807, 2.05) is 0 Å². The molecule has 0 radical (unpaired) electrons. The number of hydrogen-bond donors (Lipinski definition) is 1. The van der Waals surface area contributed by atoms with Crippen LogP contribution in [0.4, 0.5) is 0 Å². The van der Waals surface area contributed by atoms with Crippen molar-refractivity contribution in [2.24, 2.45) is 11.7 Å². The van der Waals surface area contributed by atoms with E-state index in [1.54, 1.807) is 7.11 Å². The number of ether oxygens (including phenoxy) is 1. The SMILES string of the molecule is CCC(C)N(CCOC)CC(N)C1CC1. The summed E-state index contributed by atoms with van der Waals surface area (Å²) in [6.45, 7) is 7.35. The Balaban J connectivity index is 2.32. The molecule has 1 aliphatic rings. The maximum Gasteiger partial charge on any atom is 0.0589 e. The molecule has 1 rings (SSSR count). The van der Waals surface area contributed by atoms with Crippen LogP contribution in [0, 0.1) is 5.92 Å². The van der Waals surface area contributed by atoms with Crippen molar-refractivity contribution in [2.75, 3.05) is 26.8 Å². The van der Waals surface area contributed by atoms with Crippen LogP contribution in [0.2, 0.25) is 0 Å². The van der Waals surface area contributed by atoms with Crippen molar-refractivity contribution in [3.8, 4) is 0 Å². The average Bonchev–Trinajstić information content (AvgIpc) is 3.06. The third kappa shape index (κ3) is 4.49. The molecule has 0 amide bonds. The van der Waals surface area contributed by atoms with Crippen LogP contribution in [0.25, 0.3) is 0 Å². The molecule has 0 aliphatic heterocycles. The van der Waals surface area contributed by atoms with Crippen molar-refractivity contribution in [1.29, 1.82) is 0 Å². The molecule has 2 N–H and O–H groups in total. The Morgan fingerprint density at radius 2 is 2.13 bits per heavy atom. The van der Waals surface area contributed by atoms with Gasteiger partial charge in [-0.2, -0.15) is 0 Å². The minimum absolute atomic E-state index is 0.371. The van der Waals surface area contributed by atoms with Crippen LogP contribution in [0.3, 0.4) is 0 Å². The van der Waals surface area contributed by atoms with Crippen LogP contribution >= 0.6 is 0 Å². The number of rotatable bonds is 8. The first kappa shape index (κ1) is 12.9. The second-order valence-corrected chi connectivity index (χ2v) is 4.75. The van der Waals surface area contributed by atoms with Crippen molar-refractivity contribution >= 4 is 0 Å². The second kappa shape index (κ2) is 6.46. The number of hydrogen-bond acceptors (Lipinski definition) is 3. The van der Waals surface area contributed by atoms with Crippen molar-refractivity contribution in [3.05, 3.63) is 0 Å². The zero-order valence-corrected chi connectivity index (χ0v) is 10.4. The lowest BCUT2D eigenvalue weighted by Crippen LogP contribution is -2.44. The first-order chi connectivity index (χ1) is 7.19. The highest BCUT2D eigenvalue weighted by Gasteiger charge is 2.30. The average molecular weight is 214 g/mol. The summed E-state index contributed by atoms with van der Waals surface area (Å²) in [6, 6.07) is 0.987. The number of methoxy groups -OCH3 is 1. The van der Waals surface area contributed by atoms with Crippen molar-refractivity contribution in [2.45, 2.75) is 45.2 Å². The smallest absolute Gasteiger partial charge is 0.0589 e. The Bertz CT molecular complexity index is 171. The fraction of sp³-hybridized carbons (Fsp3) is 1.00. The Morgan fingerprint density at radius 1 is 1.47 bits per heavy atom. The Morgan fingerprint density at radius 3 is 2.60 bits per heavy atom.